The van der Waals surface area contributed by atoms with Gasteiger partial charge in [0.1, 0.15) is 23.0 Å². The Bertz CT molecular complexity index is 962. The molecule has 0 saturated carbocycles. The fourth-order valence-electron chi connectivity index (χ4n) is 2.38. The summed E-state index contributed by atoms with van der Waals surface area (Å²) in [6.45, 7) is 0. The van der Waals surface area contributed by atoms with Crippen molar-refractivity contribution in [1.29, 1.82) is 0 Å². The molecule has 0 bridgehead atoms. The molecule has 0 heterocycles. The zero-order chi connectivity index (χ0) is 27.3. The third-order valence-electron chi connectivity index (χ3n) is 2.94. The highest BCUT2D eigenvalue weighted by atomic mass is 32.4. The SMILES string of the molecule is O=S(=O)(CC(F)(F)F)C(S(=O)(=O)CC(F)(F)F)(S(=O)(=O)CC(F)(F)F)S(=O)(=O)CC(F)(F)F. The van der Waals surface area contributed by atoms with Gasteiger partial charge in [-0.2, -0.15) is 52.7 Å². The Morgan fingerprint density at radius 1 is 0.333 bits per heavy atom. The van der Waals surface area contributed by atoms with Gasteiger partial charge in [0.2, 0.25) is 39.3 Å². The van der Waals surface area contributed by atoms with Crippen LogP contribution in [0.3, 0.4) is 0 Å². The van der Waals surface area contributed by atoms with Crippen LogP contribution in [0.1, 0.15) is 0 Å². The first-order valence-electron chi connectivity index (χ1n) is 6.99. The topological polar surface area (TPSA) is 137 Å². The molecule has 33 heavy (non-hydrogen) atoms. The molecule has 0 aromatic carbocycles. The molecule has 0 N–H and O–H groups in total. The van der Waals surface area contributed by atoms with Crippen molar-refractivity contribution in [2.24, 2.45) is 0 Å². The second-order valence-corrected chi connectivity index (χ2v) is 16.1. The highest BCUT2D eigenvalue weighted by Gasteiger charge is 2.77. The van der Waals surface area contributed by atoms with Gasteiger partial charge < -0.3 is 0 Å². The Kier molecular flexibility index (Phi) is 8.30. The van der Waals surface area contributed by atoms with E-state index in [0.717, 1.165) is 0 Å². The molecule has 0 aliphatic rings. The first-order valence-corrected chi connectivity index (χ1v) is 13.6. The normalized spacial score (nSPS) is 16.1. The first-order chi connectivity index (χ1) is 13.8. The maximum Gasteiger partial charge on any atom is 0.402 e. The summed E-state index contributed by atoms with van der Waals surface area (Å²) in [5.41, 5.74) is 0. The van der Waals surface area contributed by atoms with Crippen molar-refractivity contribution in [3.63, 3.8) is 0 Å². The lowest BCUT2D eigenvalue weighted by atomic mass is 10.8. The molecule has 0 aliphatic carbocycles. The second kappa shape index (κ2) is 8.57. The van der Waals surface area contributed by atoms with E-state index in [0.29, 0.717) is 0 Å². The van der Waals surface area contributed by atoms with Gasteiger partial charge in [-0.25, -0.2) is 33.7 Å². The summed E-state index contributed by atoms with van der Waals surface area (Å²) in [7, 11) is -31.7. The molecule has 0 fully saturated rings. The van der Waals surface area contributed by atoms with E-state index in [-0.39, 0.29) is 0 Å². The summed E-state index contributed by atoms with van der Waals surface area (Å²) in [6.07, 6.45) is -25.8. The second-order valence-electron chi connectivity index (χ2n) is 6.00. The molecule has 0 spiro atoms. The van der Waals surface area contributed by atoms with Gasteiger partial charge >= 0.3 is 27.4 Å². The summed E-state index contributed by atoms with van der Waals surface area (Å²) in [6, 6.07) is 0. The first kappa shape index (κ1) is 32.0. The lowest BCUT2D eigenvalue weighted by Crippen LogP contribution is -2.64. The van der Waals surface area contributed by atoms with Gasteiger partial charge in [-0.15, -0.1) is 0 Å². The predicted octanol–water partition coefficient (Wildman–Crippen LogP) is 1.51. The molecule has 0 rings (SSSR count). The Morgan fingerprint density at radius 2 is 0.455 bits per heavy atom. The largest absolute Gasteiger partial charge is 0.402 e. The average molecular weight is 600 g/mol. The smallest absolute Gasteiger partial charge is 0.225 e. The van der Waals surface area contributed by atoms with Crippen LogP contribution in [0.25, 0.3) is 0 Å². The van der Waals surface area contributed by atoms with Gasteiger partial charge in [0.15, 0.2) is 0 Å². The molecule has 24 heteroatoms. The Labute approximate surface area is 176 Å². The minimum atomic E-state index is -7.92. The average Bonchev–Trinajstić information content (AvgIpc) is 2.21. The molecule has 0 saturated heterocycles. The van der Waals surface area contributed by atoms with Crippen LogP contribution < -0.4 is 0 Å². The Hall–Kier alpha value is -1.04. The molecule has 8 nitrogen and oxygen atoms in total. The molecule has 0 amide bonds. The van der Waals surface area contributed by atoms with Crippen LogP contribution in [-0.4, -0.2) is 84.1 Å². The number of alkyl halides is 12. The van der Waals surface area contributed by atoms with Crippen molar-refractivity contribution in [3.05, 3.63) is 0 Å². The minimum absolute atomic E-state index is 4.04. The van der Waals surface area contributed by atoms with Gasteiger partial charge in [-0.05, 0) is 0 Å². The van der Waals surface area contributed by atoms with Crippen LogP contribution in [0, 0.1) is 0 Å². The van der Waals surface area contributed by atoms with Crippen molar-refractivity contribution in [3.8, 4) is 0 Å². The Morgan fingerprint density at radius 3 is 0.545 bits per heavy atom. The maximum atomic E-state index is 12.6. The monoisotopic (exact) mass is 600 g/mol. The van der Waals surface area contributed by atoms with Gasteiger partial charge in [0.25, 0.3) is 0 Å². The standard InChI is InChI=1S/C9H8F12O8S4/c10-5(11,12)1-30(22,23)9(31(24,25)2-6(13,14)15,32(26,27)3-7(16,17)18)33(28,29)4-8(19,20)21/h1-4H2. The van der Waals surface area contributed by atoms with E-state index in [2.05, 4.69) is 0 Å². The third-order valence-corrected chi connectivity index (χ3v) is 18.0. The van der Waals surface area contributed by atoms with Crippen molar-refractivity contribution in [1.82, 2.24) is 0 Å². The summed E-state index contributed by atoms with van der Waals surface area (Å²) < 4.78 is 242. The highest BCUT2D eigenvalue weighted by Crippen LogP contribution is 2.46. The number of hydrogen-bond acceptors (Lipinski definition) is 8. The van der Waals surface area contributed by atoms with E-state index in [4.69, 9.17) is 0 Å². The van der Waals surface area contributed by atoms with E-state index in [1.807, 2.05) is 0 Å². The fourth-order valence-corrected chi connectivity index (χ4v) is 16.2. The summed E-state index contributed by atoms with van der Waals surface area (Å²) >= 11 is 0. The van der Waals surface area contributed by atoms with Crippen LogP contribution in [0.4, 0.5) is 52.7 Å². The van der Waals surface area contributed by atoms with Crippen LogP contribution in [0.2, 0.25) is 0 Å². The minimum Gasteiger partial charge on any atom is -0.225 e. The van der Waals surface area contributed by atoms with Crippen LogP contribution in [-0.2, 0) is 39.3 Å². The van der Waals surface area contributed by atoms with E-state index >= 15 is 0 Å². The highest BCUT2D eigenvalue weighted by molar-refractivity contribution is 8.39. The van der Waals surface area contributed by atoms with Gasteiger partial charge in [-0.3, -0.25) is 0 Å². The predicted molar refractivity (Wildman–Crippen MR) is 82.1 cm³/mol. The molecule has 200 valence electrons. The molecule has 0 aromatic rings. The summed E-state index contributed by atoms with van der Waals surface area (Å²) in [5.74, 6) is -16.1. The van der Waals surface area contributed by atoms with Crippen molar-refractivity contribution in [2.45, 2.75) is 27.4 Å². The Balaban J connectivity index is 8.18. The van der Waals surface area contributed by atoms with E-state index in [1.54, 1.807) is 0 Å². The number of hydrogen-bond donors (Lipinski definition) is 0. The molecule has 0 unspecified atom stereocenters. The lowest BCUT2D eigenvalue weighted by Gasteiger charge is -2.32. The number of sulfone groups is 4. The summed E-state index contributed by atoms with van der Waals surface area (Å²) in [4.78, 5) is 0. The zero-order valence-electron chi connectivity index (χ0n) is 14.8. The van der Waals surface area contributed by atoms with E-state index < -0.39 is 89.8 Å². The molecule has 0 aliphatic heterocycles. The van der Waals surface area contributed by atoms with Crippen LogP contribution in [0.5, 0.6) is 0 Å². The molecule has 0 aromatic heterocycles. The number of rotatable bonds is 8. The van der Waals surface area contributed by atoms with Crippen molar-refractivity contribution < 1.29 is 86.4 Å². The van der Waals surface area contributed by atoms with Crippen molar-refractivity contribution >= 4 is 39.3 Å². The lowest BCUT2D eigenvalue weighted by molar-refractivity contribution is -0.107. The van der Waals surface area contributed by atoms with Gasteiger partial charge in [0.05, 0.1) is 0 Å². The zero-order valence-corrected chi connectivity index (χ0v) is 18.0. The fraction of sp³-hybridized carbons (Fsp3) is 1.00. The molecule has 0 radical (unpaired) electrons. The summed E-state index contributed by atoms with van der Waals surface area (Å²) in [5, 5.41) is 0. The van der Waals surface area contributed by atoms with E-state index in [1.165, 1.54) is 0 Å². The van der Waals surface area contributed by atoms with E-state index in [9.17, 15) is 86.4 Å². The van der Waals surface area contributed by atoms with Gasteiger partial charge in [-0.1, -0.05) is 0 Å². The molecule has 0 atom stereocenters. The van der Waals surface area contributed by atoms with Crippen LogP contribution in [0.15, 0.2) is 0 Å². The maximum absolute atomic E-state index is 12.6. The third kappa shape index (κ3) is 7.47. The number of halogens is 12. The quantitative estimate of drug-likeness (QED) is 0.383. The molecular weight excluding hydrogens is 592 g/mol. The molecular formula is C9H8F12O8S4. The van der Waals surface area contributed by atoms with Crippen LogP contribution >= 0.6 is 0 Å². The van der Waals surface area contributed by atoms with Gasteiger partial charge in [0, 0.05) is 0 Å². The van der Waals surface area contributed by atoms with Crippen molar-refractivity contribution in [2.75, 3.05) is 23.0 Å².